The smallest absolute Gasteiger partial charge is 0.289 e. The zero-order valence-corrected chi connectivity index (χ0v) is 17.9. The number of likely N-dealkylation sites (tertiary alicyclic amines) is 1. The van der Waals surface area contributed by atoms with Crippen LogP contribution >= 0.6 is 11.6 Å². The topological polar surface area (TPSA) is 57.0 Å². The number of nitrogens with zero attached hydrogens (tertiary/aromatic N) is 3. The summed E-state index contributed by atoms with van der Waals surface area (Å²) in [4.78, 5) is 31.7. The van der Waals surface area contributed by atoms with Crippen molar-refractivity contribution in [3.8, 4) is 0 Å². The first-order valence-electron chi connectivity index (χ1n) is 10.4. The van der Waals surface area contributed by atoms with Crippen molar-refractivity contribution in [3.63, 3.8) is 0 Å². The Morgan fingerprint density at radius 1 is 1.14 bits per heavy atom. The van der Waals surface area contributed by atoms with Crippen LogP contribution in [0.15, 0.2) is 22.6 Å². The number of para-hydroxylation sites is 1. The quantitative estimate of drug-likeness (QED) is 0.766. The molecule has 1 atom stereocenters. The van der Waals surface area contributed by atoms with Crippen LogP contribution in [0.1, 0.15) is 42.3 Å². The molecule has 1 aromatic carbocycles. The van der Waals surface area contributed by atoms with Gasteiger partial charge in [-0.25, -0.2) is 0 Å². The molecule has 0 saturated carbocycles. The van der Waals surface area contributed by atoms with E-state index < -0.39 is 0 Å². The Morgan fingerprint density at radius 3 is 2.59 bits per heavy atom. The van der Waals surface area contributed by atoms with Gasteiger partial charge in [0.1, 0.15) is 0 Å². The summed E-state index contributed by atoms with van der Waals surface area (Å²) in [6.07, 6.45) is 3.40. The SMILES string of the molecule is Cc1c(C(=O)N2CCN(CC(=O)N3CCCCC3C)CC2)oc2c(Cl)cccc12. The van der Waals surface area contributed by atoms with E-state index in [-0.39, 0.29) is 11.8 Å². The predicted molar refractivity (Wildman–Crippen MR) is 113 cm³/mol. The molecule has 2 fully saturated rings. The van der Waals surface area contributed by atoms with E-state index in [1.165, 1.54) is 6.42 Å². The molecule has 156 valence electrons. The summed E-state index contributed by atoms with van der Waals surface area (Å²) >= 11 is 6.21. The molecule has 2 aromatic rings. The minimum atomic E-state index is -0.106. The van der Waals surface area contributed by atoms with E-state index >= 15 is 0 Å². The number of amides is 2. The molecule has 0 bridgehead atoms. The first-order chi connectivity index (χ1) is 14.0. The van der Waals surface area contributed by atoms with Crippen LogP contribution in [0.5, 0.6) is 0 Å². The number of hydrogen-bond acceptors (Lipinski definition) is 4. The number of aryl methyl sites for hydroxylation is 1. The summed E-state index contributed by atoms with van der Waals surface area (Å²) in [7, 11) is 0. The van der Waals surface area contributed by atoms with Crippen LogP contribution in [0.2, 0.25) is 5.02 Å². The molecule has 0 spiro atoms. The number of halogens is 1. The Balaban J connectivity index is 1.37. The first kappa shape index (κ1) is 20.2. The minimum Gasteiger partial charge on any atom is -0.449 e. The Bertz CT molecular complexity index is 917. The maximum atomic E-state index is 13.0. The first-order valence-corrected chi connectivity index (χ1v) is 10.8. The number of furan rings is 1. The van der Waals surface area contributed by atoms with Crippen molar-refractivity contribution >= 4 is 34.4 Å². The standard InChI is InChI=1S/C22H28ClN3O3/c1-15-6-3-4-9-26(15)19(27)14-24-10-12-25(13-11-24)22(28)20-16(2)17-7-5-8-18(23)21(17)29-20/h5,7-8,15H,3-4,6,9-14H2,1-2H3. The second-order valence-electron chi connectivity index (χ2n) is 8.17. The second-order valence-corrected chi connectivity index (χ2v) is 8.58. The fraction of sp³-hybridized carbons (Fsp3) is 0.545. The van der Waals surface area contributed by atoms with Crippen molar-refractivity contribution in [1.82, 2.24) is 14.7 Å². The van der Waals surface area contributed by atoms with Crippen molar-refractivity contribution in [2.45, 2.75) is 39.2 Å². The van der Waals surface area contributed by atoms with Gasteiger partial charge in [0.05, 0.1) is 11.6 Å². The Morgan fingerprint density at radius 2 is 1.90 bits per heavy atom. The molecule has 2 aliphatic rings. The fourth-order valence-corrected chi connectivity index (χ4v) is 4.63. The molecule has 0 N–H and O–H groups in total. The van der Waals surface area contributed by atoms with Crippen molar-refractivity contribution in [2.75, 3.05) is 39.3 Å². The molecule has 0 radical (unpaired) electrons. The van der Waals surface area contributed by atoms with Gasteiger partial charge < -0.3 is 14.2 Å². The predicted octanol–water partition coefficient (Wildman–Crippen LogP) is 3.55. The van der Waals surface area contributed by atoms with Gasteiger partial charge in [0.15, 0.2) is 11.3 Å². The van der Waals surface area contributed by atoms with Crippen LogP contribution in [0, 0.1) is 6.92 Å². The van der Waals surface area contributed by atoms with Gasteiger partial charge >= 0.3 is 0 Å². The van der Waals surface area contributed by atoms with Crippen LogP contribution in [0.3, 0.4) is 0 Å². The number of carbonyl (C=O) groups is 2. The molecule has 1 unspecified atom stereocenters. The van der Waals surface area contributed by atoms with E-state index in [4.69, 9.17) is 16.0 Å². The van der Waals surface area contributed by atoms with Gasteiger partial charge in [-0.05, 0) is 39.2 Å². The molecule has 2 aliphatic heterocycles. The monoisotopic (exact) mass is 417 g/mol. The van der Waals surface area contributed by atoms with Gasteiger partial charge in [0.25, 0.3) is 5.91 Å². The molecule has 1 aromatic heterocycles. The third-order valence-corrected chi connectivity index (χ3v) is 6.55. The van der Waals surface area contributed by atoms with Crippen LogP contribution in [0.4, 0.5) is 0 Å². The fourth-order valence-electron chi connectivity index (χ4n) is 4.42. The Kier molecular flexibility index (Phi) is 5.83. The summed E-state index contributed by atoms with van der Waals surface area (Å²) in [6.45, 7) is 7.90. The van der Waals surface area contributed by atoms with Crippen LogP contribution in [-0.2, 0) is 4.79 Å². The van der Waals surface area contributed by atoms with Gasteiger partial charge in [0, 0.05) is 49.7 Å². The molecular formula is C22H28ClN3O3. The lowest BCUT2D eigenvalue weighted by Gasteiger charge is -2.37. The van der Waals surface area contributed by atoms with Gasteiger partial charge in [-0.15, -0.1) is 0 Å². The number of rotatable bonds is 3. The molecule has 3 heterocycles. The van der Waals surface area contributed by atoms with E-state index in [2.05, 4.69) is 11.8 Å². The number of piperidine rings is 1. The summed E-state index contributed by atoms with van der Waals surface area (Å²) in [6, 6.07) is 5.88. The number of hydrogen-bond donors (Lipinski definition) is 0. The summed E-state index contributed by atoms with van der Waals surface area (Å²) in [5.74, 6) is 0.463. The van der Waals surface area contributed by atoms with E-state index in [1.54, 1.807) is 6.07 Å². The van der Waals surface area contributed by atoms with Gasteiger partial charge in [-0.3, -0.25) is 14.5 Å². The normalized spacial score (nSPS) is 21.0. The maximum Gasteiger partial charge on any atom is 0.289 e. The third kappa shape index (κ3) is 4.01. The zero-order valence-electron chi connectivity index (χ0n) is 17.1. The van der Waals surface area contributed by atoms with Crippen LogP contribution in [-0.4, -0.2) is 71.8 Å². The molecule has 0 aliphatic carbocycles. The number of piperazine rings is 1. The maximum absolute atomic E-state index is 13.0. The largest absolute Gasteiger partial charge is 0.449 e. The lowest BCUT2D eigenvalue weighted by molar-refractivity contribution is -0.136. The highest BCUT2D eigenvalue weighted by atomic mass is 35.5. The summed E-state index contributed by atoms with van der Waals surface area (Å²) in [5, 5.41) is 1.39. The average molecular weight is 418 g/mol. The molecule has 4 rings (SSSR count). The van der Waals surface area contributed by atoms with E-state index in [0.29, 0.717) is 55.1 Å². The lowest BCUT2D eigenvalue weighted by atomic mass is 10.0. The number of carbonyl (C=O) groups excluding carboxylic acids is 2. The van der Waals surface area contributed by atoms with E-state index in [1.807, 2.05) is 28.9 Å². The molecule has 7 heteroatoms. The molecule has 2 saturated heterocycles. The van der Waals surface area contributed by atoms with Gasteiger partial charge in [0.2, 0.25) is 5.91 Å². The van der Waals surface area contributed by atoms with E-state index in [0.717, 1.165) is 30.3 Å². The summed E-state index contributed by atoms with van der Waals surface area (Å²) in [5.41, 5.74) is 1.39. The highest BCUT2D eigenvalue weighted by Gasteiger charge is 2.29. The van der Waals surface area contributed by atoms with Crippen molar-refractivity contribution in [3.05, 3.63) is 34.5 Å². The zero-order chi connectivity index (χ0) is 20.5. The van der Waals surface area contributed by atoms with E-state index in [9.17, 15) is 9.59 Å². The average Bonchev–Trinajstić information content (AvgIpc) is 3.06. The Labute approximate surface area is 176 Å². The van der Waals surface area contributed by atoms with Gasteiger partial charge in [-0.2, -0.15) is 0 Å². The second kappa shape index (κ2) is 8.36. The molecule has 2 amide bonds. The number of fused-ring (bicyclic) bond motifs is 1. The van der Waals surface area contributed by atoms with Crippen molar-refractivity contribution in [2.24, 2.45) is 0 Å². The lowest BCUT2D eigenvalue weighted by Crippen LogP contribution is -2.53. The highest BCUT2D eigenvalue weighted by molar-refractivity contribution is 6.35. The van der Waals surface area contributed by atoms with Crippen LogP contribution in [0.25, 0.3) is 11.0 Å². The van der Waals surface area contributed by atoms with Crippen molar-refractivity contribution in [1.29, 1.82) is 0 Å². The van der Waals surface area contributed by atoms with Gasteiger partial charge in [-0.1, -0.05) is 23.7 Å². The number of benzene rings is 1. The third-order valence-electron chi connectivity index (χ3n) is 6.25. The summed E-state index contributed by atoms with van der Waals surface area (Å²) < 4.78 is 5.83. The Hall–Kier alpha value is -2.05. The molecule has 29 heavy (non-hydrogen) atoms. The highest BCUT2D eigenvalue weighted by Crippen LogP contribution is 2.31. The molecule has 6 nitrogen and oxygen atoms in total. The minimum absolute atomic E-state index is 0.106. The van der Waals surface area contributed by atoms with Crippen molar-refractivity contribution < 1.29 is 14.0 Å². The molecular weight excluding hydrogens is 390 g/mol. The van der Waals surface area contributed by atoms with Crippen LogP contribution < -0.4 is 0 Å².